The van der Waals surface area contributed by atoms with Gasteiger partial charge < -0.3 is 42.7 Å². The maximum atomic E-state index is 6.34. The van der Waals surface area contributed by atoms with E-state index in [1.807, 2.05) is 27.7 Å². The molecule has 0 radical (unpaired) electrons. The van der Waals surface area contributed by atoms with E-state index >= 15 is 0 Å². The second-order valence-corrected chi connectivity index (χ2v) is 9.68. The van der Waals surface area contributed by atoms with Crippen molar-refractivity contribution in [2.75, 3.05) is 13.2 Å². The van der Waals surface area contributed by atoms with Crippen LogP contribution in [-0.2, 0) is 42.7 Å². The minimum atomic E-state index is -0.716. The molecule has 0 aliphatic carbocycles. The third-order valence-corrected chi connectivity index (χ3v) is 6.33. The maximum absolute atomic E-state index is 6.34. The van der Waals surface area contributed by atoms with E-state index < -0.39 is 24.2 Å². The van der Waals surface area contributed by atoms with Gasteiger partial charge >= 0.3 is 0 Å². The molecule has 0 aromatic carbocycles. The normalized spacial score (nSPS) is 51.1. The second-order valence-electron chi connectivity index (χ2n) is 9.68. The van der Waals surface area contributed by atoms with Crippen molar-refractivity contribution in [3.05, 3.63) is 0 Å². The number of ether oxygens (including phenoxy) is 8. The molecule has 6 rings (SSSR count). The van der Waals surface area contributed by atoms with Crippen molar-refractivity contribution in [2.45, 2.75) is 107 Å². The molecule has 6 aliphatic rings. The number of oxime groups is 1. The topological polar surface area (TPSA) is 95.4 Å². The van der Waals surface area contributed by atoms with Crippen LogP contribution < -0.4 is 0 Å². The van der Waals surface area contributed by atoms with Gasteiger partial charge in [-0.1, -0.05) is 5.16 Å². The first-order chi connectivity index (χ1) is 14.3. The van der Waals surface area contributed by atoms with Crippen molar-refractivity contribution in [3.63, 3.8) is 0 Å². The smallest absolute Gasteiger partial charge is 0.190 e. The van der Waals surface area contributed by atoms with Crippen LogP contribution in [0.5, 0.6) is 0 Å². The van der Waals surface area contributed by atoms with Gasteiger partial charge in [0.2, 0.25) is 0 Å². The predicted molar refractivity (Wildman–Crippen MR) is 98.4 cm³/mol. The molecule has 0 aromatic rings. The minimum Gasteiger partial charge on any atom is -0.390 e. The molecule has 168 valence electrons. The van der Waals surface area contributed by atoms with Crippen molar-refractivity contribution in [1.82, 2.24) is 0 Å². The molecule has 10 nitrogen and oxygen atoms in total. The standard InChI is InChI=1S/C20H29NO9/c1-19(2)26-15-13-11(24-17(15)28-19)6-9-5-10(30-21-9)7-22-14-12(8-23-13)25-18-16(14)27-20(3,4)29-18/h10-18H,5-8H2,1-4H3/t10-,11-,12-,13+,14+,15-,16-,17-,18-/m1/s1. The summed E-state index contributed by atoms with van der Waals surface area (Å²) in [6, 6.07) is 0. The van der Waals surface area contributed by atoms with Crippen molar-refractivity contribution in [2.24, 2.45) is 5.16 Å². The summed E-state index contributed by atoms with van der Waals surface area (Å²) >= 11 is 0. The second kappa shape index (κ2) is 6.82. The third-order valence-electron chi connectivity index (χ3n) is 6.33. The highest BCUT2D eigenvalue weighted by Gasteiger charge is 2.58. The maximum Gasteiger partial charge on any atom is 0.190 e. The number of fused-ring (bicyclic) bond motifs is 8. The van der Waals surface area contributed by atoms with Crippen LogP contribution in [0.15, 0.2) is 5.16 Å². The molecule has 6 aliphatic heterocycles. The molecule has 0 spiro atoms. The molecule has 2 bridgehead atoms. The van der Waals surface area contributed by atoms with Gasteiger partial charge in [-0.15, -0.1) is 0 Å². The molecule has 0 unspecified atom stereocenters. The fourth-order valence-electron chi connectivity index (χ4n) is 5.15. The van der Waals surface area contributed by atoms with Crippen LogP contribution >= 0.6 is 0 Å². The Morgan fingerprint density at radius 1 is 0.700 bits per heavy atom. The van der Waals surface area contributed by atoms with Gasteiger partial charge in [-0.2, -0.15) is 0 Å². The number of hydrogen-bond acceptors (Lipinski definition) is 10. The van der Waals surface area contributed by atoms with Crippen LogP contribution in [0.3, 0.4) is 0 Å². The quantitative estimate of drug-likeness (QED) is 0.562. The van der Waals surface area contributed by atoms with Gasteiger partial charge in [0.05, 0.1) is 25.0 Å². The van der Waals surface area contributed by atoms with E-state index in [4.69, 9.17) is 42.7 Å². The molecule has 0 amide bonds. The average molecular weight is 427 g/mol. The molecule has 30 heavy (non-hydrogen) atoms. The molecule has 0 N–H and O–H groups in total. The Morgan fingerprint density at radius 2 is 1.30 bits per heavy atom. The van der Waals surface area contributed by atoms with Crippen molar-refractivity contribution in [3.8, 4) is 0 Å². The van der Waals surface area contributed by atoms with Crippen molar-refractivity contribution >= 4 is 5.71 Å². The summed E-state index contributed by atoms with van der Waals surface area (Å²) < 4.78 is 48.8. The lowest BCUT2D eigenvalue weighted by Gasteiger charge is -2.30. The summed E-state index contributed by atoms with van der Waals surface area (Å²) in [6.45, 7) is 8.19. The van der Waals surface area contributed by atoms with Gasteiger partial charge in [0.25, 0.3) is 0 Å². The van der Waals surface area contributed by atoms with Crippen LogP contribution in [0.25, 0.3) is 0 Å². The lowest BCUT2D eigenvalue weighted by molar-refractivity contribution is -0.235. The lowest BCUT2D eigenvalue weighted by atomic mass is 10.0. The van der Waals surface area contributed by atoms with Gasteiger partial charge in [0, 0.05) is 12.8 Å². The molecule has 0 saturated carbocycles. The largest absolute Gasteiger partial charge is 0.390 e. The Hall–Kier alpha value is -0.850. The third kappa shape index (κ3) is 3.38. The predicted octanol–water partition coefficient (Wildman–Crippen LogP) is 1.06. The highest BCUT2D eigenvalue weighted by molar-refractivity contribution is 5.86. The molecule has 6 heterocycles. The average Bonchev–Trinajstić information content (AvgIpc) is 3.39. The zero-order valence-corrected chi connectivity index (χ0v) is 17.6. The molecule has 5 fully saturated rings. The molecule has 5 saturated heterocycles. The summed E-state index contributed by atoms with van der Waals surface area (Å²) in [5, 5.41) is 4.25. The van der Waals surface area contributed by atoms with E-state index in [2.05, 4.69) is 5.16 Å². The van der Waals surface area contributed by atoms with Crippen molar-refractivity contribution in [1.29, 1.82) is 0 Å². The Kier molecular flexibility index (Phi) is 4.50. The van der Waals surface area contributed by atoms with Crippen LogP contribution in [0.1, 0.15) is 40.5 Å². The Labute approximate surface area is 175 Å². The van der Waals surface area contributed by atoms with Crippen LogP contribution in [0.2, 0.25) is 0 Å². The zero-order chi connectivity index (χ0) is 20.7. The molecular weight excluding hydrogens is 398 g/mol. The van der Waals surface area contributed by atoms with Crippen LogP contribution in [0, 0.1) is 0 Å². The molecule has 9 atom stereocenters. The zero-order valence-electron chi connectivity index (χ0n) is 17.6. The van der Waals surface area contributed by atoms with E-state index in [0.717, 1.165) is 5.71 Å². The van der Waals surface area contributed by atoms with E-state index in [1.54, 1.807) is 0 Å². The Balaban J connectivity index is 1.24. The van der Waals surface area contributed by atoms with Gasteiger partial charge in [0.1, 0.15) is 30.5 Å². The summed E-state index contributed by atoms with van der Waals surface area (Å²) in [5.74, 6) is -1.43. The highest BCUT2D eigenvalue weighted by Crippen LogP contribution is 2.42. The monoisotopic (exact) mass is 427 g/mol. The molecule has 0 aromatic heterocycles. The summed E-state index contributed by atoms with van der Waals surface area (Å²) in [7, 11) is 0. The van der Waals surface area contributed by atoms with E-state index in [0.29, 0.717) is 26.1 Å². The first-order valence-electron chi connectivity index (χ1n) is 10.7. The minimum absolute atomic E-state index is 0.138. The summed E-state index contributed by atoms with van der Waals surface area (Å²) in [5.41, 5.74) is 0.931. The van der Waals surface area contributed by atoms with Gasteiger partial charge in [-0.25, -0.2) is 0 Å². The summed E-state index contributed by atoms with van der Waals surface area (Å²) in [4.78, 5) is 5.60. The Bertz CT molecular complexity index is 727. The number of rotatable bonds is 0. The van der Waals surface area contributed by atoms with Gasteiger partial charge in [-0.3, -0.25) is 0 Å². The number of hydrogen-bond donors (Lipinski definition) is 0. The Morgan fingerprint density at radius 3 is 2.00 bits per heavy atom. The summed E-state index contributed by atoms with van der Waals surface area (Å²) in [6.07, 6.45) is -1.69. The van der Waals surface area contributed by atoms with Gasteiger partial charge in [-0.05, 0) is 27.7 Å². The fraction of sp³-hybridized carbons (Fsp3) is 0.950. The van der Waals surface area contributed by atoms with E-state index in [-0.39, 0.29) is 42.7 Å². The fourth-order valence-corrected chi connectivity index (χ4v) is 5.15. The van der Waals surface area contributed by atoms with Gasteiger partial charge in [0.15, 0.2) is 30.3 Å². The van der Waals surface area contributed by atoms with Crippen LogP contribution in [-0.4, -0.2) is 85.8 Å². The lowest BCUT2D eigenvalue weighted by Crippen LogP contribution is -2.44. The highest BCUT2D eigenvalue weighted by atomic mass is 16.9. The van der Waals surface area contributed by atoms with E-state index in [9.17, 15) is 0 Å². The van der Waals surface area contributed by atoms with Crippen molar-refractivity contribution < 1.29 is 42.7 Å². The molecule has 10 heteroatoms. The molecular formula is C20H29NO9. The van der Waals surface area contributed by atoms with Crippen LogP contribution in [0.4, 0.5) is 0 Å². The number of nitrogens with zero attached hydrogens (tertiary/aromatic N) is 1. The first-order valence-corrected chi connectivity index (χ1v) is 10.7. The SMILES string of the molecule is CC1(C)O[C@H]2O[C@@H]3CO[C@@H]4[C@H]5OC(C)(C)O[C@H]5O[C@@H]4CC4=NO[C@@H](CO[C@@H]3[C@H]2O1)C4. The first kappa shape index (κ1) is 19.8. The van der Waals surface area contributed by atoms with E-state index in [1.165, 1.54) is 0 Å².